The number of likely N-dealkylation sites (tertiary alicyclic amines) is 1. The molecule has 0 aromatic heterocycles. The standard InChI is InChI=1S/C39H61N3O6Si/c1-27(25-46-26-31-20-16-13-17-21-31)32-22-23-42(29(3)41-35(43)28(2)40-37(45)47-38(4,5)6)36(44)33(24-30-18-14-12-15-19-30)34(32)48-49(10,11)39(7,8)9/h12-21,27-29,32-34H,22-26H2,1-11H3,(H,40,45)(H,41,43). The van der Waals surface area contributed by atoms with E-state index in [1.807, 2.05) is 43.3 Å². The van der Waals surface area contributed by atoms with Gasteiger partial charge in [0.25, 0.3) is 0 Å². The van der Waals surface area contributed by atoms with Gasteiger partial charge in [-0.05, 0) is 88.6 Å². The highest BCUT2D eigenvalue weighted by atomic mass is 28.4. The molecule has 1 fully saturated rings. The quantitative estimate of drug-likeness (QED) is 0.213. The highest BCUT2D eigenvalue weighted by molar-refractivity contribution is 6.74. The summed E-state index contributed by atoms with van der Waals surface area (Å²) in [5.41, 5.74) is 1.49. The highest BCUT2D eigenvalue weighted by Gasteiger charge is 2.48. The van der Waals surface area contributed by atoms with Crippen molar-refractivity contribution in [2.75, 3.05) is 13.2 Å². The topological polar surface area (TPSA) is 106 Å². The van der Waals surface area contributed by atoms with E-state index in [1.165, 1.54) is 0 Å². The second-order valence-electron chi connectivity index (χ2n) is 16.2. The van der Waals surface area contributed by atoms with Crippen molar-refractivity contribution in [2.45, 2.75) is 124 Å². The van der Waals surface area contributed by atoms with Gasteiger partial charge in [-0.1, -0.05) is 88.4 Å². The van der Waals surface area contributed by atoms with E-state index < -0.39 is 44.0 Å². The van der Waals surface area contributed by atoms with Crippen LogP contribution in [0.4, 0.5) is 4.79 Å². The smallest absolute Gasteiger partial charge is 0.408 e. The van der Waals surface area contributed by atoms with Gasteiger partial charge in [0, 0.05) is 13.2 Å². The molecule has 3 rings (SSSR count). The van der Waals surface area contributed by atoms with Crippen molar-refractivity contribution in [3.63, 3.8) is 0 Å². The largest absolute Gasteiger partial charge is 0.444 e. The fourth-order valence-electron chi connectivity index (χ4n) is 5.98. The van der Waals surface area contributed by atoms with Crippen LogP contribution in [0.25, 0.3) is 0 Å². The van der Waals surface area contributed by atoms with Crippen molar-refractivity contribution in [1.82, 2.24) is 15.5 Å². The Kier molecular flexibility index (Phi) is 14.1. The summed E-state index contributed by atoms with van der Waals surface area (Å²) >= 11 is 0. The number of benzene rings is 2. The van der Waals surface area contributed by atoms with Gasteiger partial charge < -0.3 is 29.4 Å². The van der Waals surface area contributed by atoms with Crippen LogP contribution >= 0.6 is 0 Å². The summed E-state index contributed by atoms with van der Waals surface area (Å²) in [7, 11) is -2.33. The summed E-state index contributed by atoms with van der Waals surface area (Å²) in [5.74, 6) is -0.788. The van der Waals surface area contributed by atoms with Crippen LogP contribution < -0.4 is 10.6 Å². The normalized spacial score (nSPS) is 20.9. The minimum Gasteiger partial charge on any atom is -0.444 e. The monoisotopic (exact) mass is 695 g/mol. The summed E-state index contributed by atoms with van der Waals surface area (Å²) in [6.45, 7) is 23.6. The van der Waals surface area contributed by atoms with Crippen LogP contribution in [0.3, 0.4) is 0 Å². The summed E-state index contributed by atoms with van der Waals surface area (Å²) < 4.78 is 18.9. The van der Waals surface area contributed by atoms with Gasteiger partial charge >= 0.3 is 6.09 Å². The molecule has 2 aromatic rings. The van der Waals surface area contributed by atoms with Gasteiger partial charge in [0.2, 0.25) is 11.8 Å². The van der Waals surface area contributed by atoms with Gasteiger partial charge in [-0.3, -0.25) is 9.59 Å². The van der Waals surface area contributed by atoms with Crippen molar-refractivity contribution in [2.24, 2.45) is 17.8 Å². The van der Waals surface area contributed by atoms with E-state index >= 15 is 0 Å². The molecule has 1 saturated heterocycles. The number of ether oxygens (including phenoxy) is 2. The van der Waals surface area contributed by atoms with E-state index in [4.69, 9.17) is 13.9 Å². The van der Waals surface area contributed by atoms with Gasteiger partial charge in [0.1, 0.15) is 17.8 Å². The molecule has 49 heavy (non-hydrogen) atoms. The lowest BCUT2D eigenvalue weighted by atomic mass is 9.79. The molecular formula is C39H61N3O6Si. The first kappa shape index (κ1) is 40.2. The van der Waals surface area contributed by atoms with E-state index in [9.17, 15) is 14.4 Å². The summed E-state index contributed by atoms with van der Waals surface area (Å²) in [4.78, 5) is 42.2. The predicted octanol–water partition coefficient (Wildman–Crippen LogP) is 7.31. The van der Waals surface area contributed by atoms with E-state index in [0.717, 1.165) is 11.1 Å². The molecule has 6 atom stereocenters. The molecule has 0 saturated carbocycles. The summed E-state index contributed by atoms with van der Waals surface area (Å²) in [5, 5.41) is 5.53. The Morgan fingerprint density at radius 2 is 1.47 bits per heavy atom. The lowest BCUT2D eigenvalue weighted by molar-refractivity contribution is -0.141. The molecular weight excluding hydrogens is 635 g/mol. The number of alkyl carbamates (subject to hydrolysis) is 1. The molecule has 2 N–H and O–H groups in total. The van der Waals surface area contributed by atoms with Gasteiger partial charge in [-0.15, -0.1) is 0 Å². The van der Waals surface area contributed by atoms with Gasteiger partial charge in [-0.25, -0.2) is 4.79 Å². The van der Waals surface area contributed by atoms with Crippen LogP contribution in [0.1, 0.15) is 79.9 Å². The van der Waals surface area contributed by atoms with Crippen LogP contribution in [-0.4, -0.2) is 68.2 Å². The van der Waals surface area contributed by atoms with Crippen molar-refractivity contribution in [1.29, 1.82) is 0 Å². The summed E-state index contributed by atoms with van der Waals surface area (Å²) in [6.07, 6.45) is -0.421. The number of hydrogen-bond donors (Lipinski definition) is 2. The van der Waals surface area contributed by atoms with E-state index in [1.54, 1.807) is 32.6 Å². The van der Waals surface area contributed by atoms with Gasteiger partial charge in [-0.2, -0.15) is 0 Å². The highest BCUT2D eigenvalue weighted by Crippen LogP contribution is 2.42. The first-order valence-electron chi connectivity index (χ1n) is 17.7. The zero-order valence-electron chi connectivity index (χ0n) is 31.7. The van der Waals surface area contributed by atoms with Gasteiger partial charge in [0.15, 0.2) is 8.32 Å². The van der Waals surface area contributed by atoms with Crippen molar-refractivity contribution in [3.05, 3.63) is 71.8 Å². The van der Waals surface area contributed by atoms with Crippen LogP contribution in [0.15, 0.2) is 60.7 Å². The molecule has 10 heteroatoms. The predicted molar refractivity (Wildman–Crippen MR) is 197 cm³/mol. The molecule has 1 aliphatic rings. The van der Waals surface area contributed by atoms with Crippen LogP contribution in [0.2, 0.25) is 18.1 Å². The number of rotatable bonds is 13. The first-order chi connectivity index (χ1) is 22.8. The molecule has 0 bridgehead atoms. The Morgan fingerprint density at radius 3 is 2.02 bits per heavy atom. The van der Waals surface area contributed by atoms with Crippen molar-refractivity contribution in [3.8, 4) is 0 Å². The van der Waals surface area contributed by atoms with Crippen LogP contribution in [-0.2, 0) is 36.5 Å². The third kappa shape index (κ3) is 12.0. The second kappa shape index (κ2) is 17.1. The number of nitrogens with zero attached hydrogens (tertiary/aromatic N) is 1. The van der Waals surface area contributed by atoms with Crippen LogP contribution in [0.5, 0.6) is 0 Å². The maximum Gasteiger partial charge on any atom is 0.408 e. The van der Waals surface area contributed by atoms with Gasteiger partial charge in [0.05, 0.1) is 18.6 Å². The van der Waals surface area contributed by atoms with E-state index in [2.05, 4.69) is 75.7 Å². The van der Waals surface area contributed by atoms with E-state index in [-0.39, 0.29) is 28.9 Å². The van der Waals surface area contributed by atoms with Crippen molar-refractivity contribution >= 4 is 26.2 Å². The number of nitrogens with one attached hydrogen (secondary N) is 2. The average Bonchev–Trinajstić information content (AvgIpc) is 3.12. The minimum absolute atomic E-state index is 0.0308. The molecule has 272 valence electrons. The molecule has 6 unspecified atom stereocenters. The molecule has 1 aliphatic heterocycles. The Morgan fingerprint density at radius 1 is 0.898 bits per heavy atom. The number of carbonyl (C=O) groups is 3. The Bertz CT molecular complexity index is 1360. The average molecular weight is 696 g/mol. The molecule has 0 aliphatic carbocycles. The lowest BCUT2D eigenvalue weighted by Crippen LogP contribution is -2.56. The Balaban J connectivity index is 1.93. The first-order valence-corrected chi connectivity index (χ1v) is 20.6. The lowest BCUT2D eigenvalue weighted by Gasteiger charge is -2.44. The zero-order chi connectivity index (χ0) is 36.6. The fourth-order valence-corrected chi connectivity index (χ4v) is 7.36. The second-order valence-corrected chi connectivity index (χ2v) is 20.9. The maximum absolute atomic E-state index is 14.8. The van der Waals surface area contributed by atoms with Crippen LogP contribution in [0, 0.1) is 17.8 Å². The van der Waals surface area contributed by atoms with E-state index in [0.29, 0.717) is 32.6 Å². The van der Waals surface area contributed by atoms with Crippen molar-refractivity contribution < 1.29 is 28.3 Å². The maximum atomic E-state index is 14.8. The Labute approximate surface area is 296 Å². The molecule has 0 radical (unpaired) electrons. The third-order valence-electron chi connectivity index (χ3n) is 9.83. The fraction of sp³-hybridized carbons (Fsp3) is 0.615. The summed E-state index contributed by atoms with van der Waals surface area (Å²) in [6, 6.07) is 19.4. The Hall–Kier alpha value is -3.21. The molecule has 0 spiro atoms. The SMILES string of the molecule is CC(NC(=O)OC(C)(C)C)C(=O)NC(C)N1CCC(C(C)COCc2ccccc2)C(O[Si](C)(C)C(C)(C)C)C(Cc2ccccc2)C1=O. The molecule has 3 amide bonds. The molecule has 2 aromatic carbocycles. The zero-order valence-corrected chi connectivity index (χ0v) is 32.7. The number of hydrogen-bond acceptors (Lipinski definition) is 6. The molecule has 9 nitrogen and oxygen atoms in total. The minimum atomic E-state index is -2.33. The molecule has 1 heterocycles. The number of carbonyl (C=O) groups excluding carboxylic acids is 3. The third-order valence-corrected chi connectivity index (χ3v) is 14.3. The number of amides is 3.